The van der Waals surface area contributed by atoms with Crippen LogP contribution in [0.15, 0.2) is 4.79 Å². The normalized spacial score (nSPS) is 31.8. The molecule has 3 heterocycles. The van der Waals surface area contributed by atoms with Gasteiger partial charge in [-0.1, -0.05) is 0 Å². The van der Waals surface area contributed by atoms with Crippen molar-refractivity contribution in [2.45, 2.75) is 50.6 Å². The van der Waals surface area contributed by atoms with Crippen molar-refractivity contribution in [1.29, 1.82) is 0 Å². The zero-order valence-electron chi connectivity index (χ0n) is 10.7. The van der Waals surface area contributed by atoms with Crippen molar-refractivity contribution >= 4 is 0 Å². The molecule has 2 bridgehead atoms. The SMILES string of the molecule is Cc1nc(C2CC3CCC(C2)N3C)[nH]c(=O)c1F. The van der Waals surface area contributed by atoms with E-state index >= 15 is 0 Å². The summed E-state index contributed by atoms with van der Waals surface area (Å²) in [5.74, 6) is 0.184. The van der Waals surface area contributed by atoms with Crippen LogP contribution >= 0.6 is 0 Å². The first-order valence-electron chi connectivity index (χ1n) is 6.54. The van der Waals surface area contributed by atoms with Gasteiger partial charge in [-0.2, -0.15) is 4.39 Å². The molecule has 1 N–H and O–H groups in total. The number of piperidine rings is 1. The van der Waals surface area contributed by atoms with Crippen molar-refractivity contribution < 1.29 is 4.39 Å². The predicted octanol–water partition coefficient (Wildman–Crippen LogP) is 1.56. The third kappa shape index (κ3) is 1.77. The van der Waals surface area contributed by atoms with Crippen LogP contribution in [0.5, 0.6) is 0 Å². The van der Waals surface area contributed by atoms with Gasteiger partial charge in [0.1, 0.15) is 5.82 Å². The number of hydrogen-bond donors (Lipinski definition) is 1. The Kier molecular flexibility index (Phi) is 2.73. The standard InChI is InChI=1S/C13H18FN3O/c1-7-11(14)13(18)16-12(15-7)8-5-9-3-4-10(6-8)17(9)2/h8-10H,3-6H2,1-2H3,(H,15,16,18). The van der Waals surface area contributed by atoms with Crippen LogP contribution in [0.3, 0.4) is 0 Å². The summed E-state index contributed by atoms with van der Waals surface area (Å²) in [6.45, 7) is 1.55. The van der Waals surface area contributed by atoms with E-state index < -0.39 is 11.4 Å². The van der Waals surface area contributed by atoms with Crippen LogP contribution in [0.4, 0.5) is 4.39 Å². The highest BCUT2D eigenvalue weighted by Crippen LogP contribution is 2.40. The number of rotatable bonds is 1. The Morgan fingerprint density at radius 3 is 2.50 bits per heavy atom. The van der Waals surface area contributed by atoms with Crippen molar-refractivity contribution in [3.8, 4) is 0 Å². The van der Waals surface area contributed by atoms with Gasteiger partial charge in [0.15, 0.2) is 0 Å². The minimum atomic E-state index is -0.755. The van der Waals surface area contributed by atoms with Crippen molar-refractivity contribution in [2.75, 3.05) is 7.05 Å². The molecule has 1 aromatic rings. The van der Waals surface area contributed by atoms with Gasteiger partial charge in [-0.25, -0.2) is 4.98 Å². The lowest BCUT2D eigenvalue weighted by Gasteiger charge is -2.35. The first-order chi connectivity index (χ1) is 8.56. The molecule has 1 aromatic heterocycles. The third-order valence-electron chi connectivity index (χ3n) is 4.53. The fourth-order valence-corrected chi connectivity index (χ4v) is 3.42. The van der Waals surface area contributed by atoms with E-state index in [4.69, 9.17) is 0 Å². The largest absolute Gasteiger partial charge is 0.308 e. The Balaban J connectivity index is 1.91. The molecule has 0 aromatic carbocycles. The maximum absolute atomic E-state index is 13.3. The number of halogens is 1. The van der Waals surface area contributed by atoms with Crippen molar-refractivity contribution in [3.63, 3.8) is 0 Å². The van der Waals surface area contributed by atoms with Gasteiger partial charge in [0, 0.05) is 18.0 Å². The summed E-state index contributed by atoms with van der Waals surface area (Å²) < 4.78 is 13.3. The minimum Gasteiger partial charge on any atom is -0.308 e. The molecule has 2 aliphatic rings. The van der Waals surface area contributed by atoms with E-state index in [2.05, 4.69) is 21.9 Å². The number of nitrogens with one attached hydrogen (secondary N) is 1. The summed E-state index contributed by atoms with van der Waals surface area (Å²) in [6, 6.07) is 1.17. The van der Waals surface area contributed by atoms with E-state index in [1.807, 2.05) is 0 Å². The molecule has 5 heteroatoms. The number of hydrogen-bond acceptors (Lipinski definition) is 3. The molecule has 0 aliphatic carbocycles. The van der Waals surface area contributed by atoms with E-state index in [9.17, 15) is 9.18 Å². The second-order valence-corrected chi connectivity index (χ2v) is 5.57. The molecular formula is C13H18FN3O. The highest BCUT2D eigenvalue weighted by molar-refractivity contribution is 5.10. The molecule has 0 amide bonds. The molecule has 0 spiro atoms. The van der Waals surface area contributed by atoms with E-state index in [0.717, 1.165) is 12.8 Å². The Hall–Kier alpha value is -1.23. The lowest BCUT2D eigenvalue weighted by atomic mass is 9.90. The zero-order chi connectivity index (χ0) is 12.9. The van der Waals surface area contributed by atoms with Gasteiger partial charge < -0.3 is 9.88 Å². The van der Waals surface area contributed by atoms with Crippen molar-refractivity contribution in [1.82, 2.24) is 14.9 Å². The maximum atomic E-state index is 13.3. The Labute approximate surface area is 105 Å². The van der Waals surface area contributed by atoms with Gasteiger partial charge in [0.25, 0.3) is 5.56 Å². The molecule has 2 saturated heterocycles. The average molecular weight is 251 g/mol. The van der Waals surface area contributed by atoms with Crippen LogP contribution in [-0.2, 0) is 0 Å². The summed E-state index contributed by atoms with van der Waals surface area (Å²) in [6.07, 6.45) is 4.48. The highest BCUT2D eigenvalue weighted by Gasteiger charge is 2.39. The molecule has 3 rings (SSSR count). The van der Waals surface area contributed by atoms with Gasteiger partial charge >= 0.3 is 0 Å². The fraction of sp³-hybridized carbons (Fsp3) is 0.692. The molecule has 0 radical (unpaired) electrons. The van der Waals surface area contributed by atoms with E-state index in [0.29, 0.717) is 17.9 Å². The van der Waals surface area contributed by atoms with Crippen LogP contribution in [0, 0.1) is 12.7 Å². The summed E-state index contributed by atoms with van der Waals surface area (Å²) in [5, 5.41) is 0. The molecule has 18 heavy (non-hydrogen) atoms. The molecule has 2 unspecified atom stereocenters. The number of aromatic amines is 1. The lowest BCUT2D eigenvalue weighted by Crippen LogP contribution is -2.40. The molecule has 2 atom stereocenters. The first-order valence-corrected chi connectivity index (χ1v) is 6.54. The Morgan fingerprint density at radius 2 is 1.94 bits per heavy atom. The smallest absolute Gasteiger partial charge is 0.287 e. The third-order valence-corrected chi connectivity index (χ3v) is 4.53. The van der Waals surface area contributed by atoms with E-state index in [-0.39, 0.29) is 11.6 Å². The predicted molar refractivity (Wildman–Crippen MR) is 66.1 cm³/mol. The quantitative estimate of drug-likeness (QED) is 0.824. The maximum Gasteiger partial charge on any atom is 0.287 e. The highest BCUT2D eigenvalue weighted by atomic mass is 19.1. The van der Waals surface area contributed by atoms with Gasteiger partial charge in [-0.15, -0.1) is 0 Å². The number of aromatic nitrogens is 2. The van der Waals surface area contributed by atoms with Crippen LogP contribution in [0.25, 0.3) is 0 Å². The number of fused-ring (bicyclic) bond motifs is 2. The van der Waals surface area contributed by atoms with E-state index in [1.54, 1.807) is 6.92 Å². The topological polar surface area (TPSA) is 49.0 Å². The summed E-state index contributed by atoms with van der Waals surface area (Å²) in [7, 11) is 2.17. The minimum absolute atomic E-state index is 0.208. The van der Waals surface area contributed by atoms with Crippen LogP contribution in [-0.4, -0.2) is 34.0 Å². The zero-order valence-corrected chi connectivity index (χ0v) is 10.7. The first kappa shape index (κ1) is 11.8. The molecular weight excluding hydrogens is 233 g/mol. The monoisotopic (exact) mass is 251 g/mol. The number of aryl methyl sites for hydroxylation is 1. The fourth-order valence-electron chi connectivity index (χ4n) is 3.42. The van der Waals surface area contributed by atoms with Crippen molar-refractivity contribution in [2.24, 2.45) is 0 Å². The summed E-state index contributed by atoms with van der Waals surface area (Å²) >= 11 is 0. The second-order valence-electron chi connectivity index (χ2n) is 5.57. The van der Waals surface area contributed by atoms with Crippen LogP contribution < -0.4 is 5.56 Å². The van der Waals surface area contributed by atoms with E-state index in [1.165, 1.54) is 12.8 Å². The Bertz CT molecular complexity index is 513. The summed E-state index contributed by atoms with van der Waals surface area (Å²) in [4.78, 5) is 20.7. The van der Waals surface area contributed by atoms with Crippen LogP contribution in [0.2, 0.25) is 0 Å². The molecule has 98 valence electrons. The molecule has 2 aliphatic heterocycles. The molecule has 0 saturated carbocycles. The Morgan fingerprint density at radius 1 is 1.33 bits per heavy atom. The van der Waals surface area contributed by atoms with Gasteiger partial charge in [-0.3, -0.25) is 4.79 Å². The van der Waals surface area contributed by atoms with Crippen molar-refractivity contribution in [3.05, 3.63) is 27.7 Å². The van der Waals surface area contributed by atoms with Gasteiger partial charge in [-0.05, 0) is 39.7 Å². The summed E-state index contributed by atoms with van der Waals surface area (Å²) in [5.41, 5.74) is -0.427. The average Bonchev–Trinajstić information content (AvgIpc) is 2.57. The van der Waals surface area contributed by atoms with Gasteiger partial charge in [0.2, 0.25) is 5.82 Å². The second kappa shape index (κ2) is 4.16. The van der Waals surface area contributed by atoms with Crippen LogP contribution in [0.1, 0.15) is 43.1 Å². The lowest BCUT2D eigenvalue weighted by molar-refractivity contribution is 0.158. The molecule has 2 fully saturated rings. The number of nitrogens with zero attached hydrogens (tertiary/aromatic N) is 2. The molecule has 4 nitrogen and oxygen atoms in total. The number of H-pyrrole nitrogens is 1. The van der Waals surface area contributed by atoms with Gasteiger partial charge in [0.05, 0.1) is 5.69 Å².